The molecule has 2 rings (SSSR count). The Labute approximate surface area is 78.1 Å². The van der Waals surface area contributed by atoms with E-state index < -0.39 is 0 Å². The van der Waals surface area contributed by atoms with Gasteiger partial charge < -0.3 is 18.9 Å². The van der Waals surface area contributed by atoms with Crippen LogP contribution in [0.15, 0.2) is 0 Å². The van der Waals surface area contributed by atoms with Crippen molar-refractivity contribution in [3.05, 3.63) is 0 Å². The molecule has 2 aliphatic heterocycles. The first-order valence-corrected chi connectivity index (χ1v) is 4.74. The summed E-state index contributed by atoms with van der Waals surface area (Å²) in [6.45, 7) is 5.70. The van der Waals surface area contributed by atoms with Crippen molar-refractivity contribution in [1.82, 2.24) is 0 Å². The van der Waals surface area contributed by atoms with Crippen molar-refractivity contribution in [3.8, 4) is 0 Å². The maximum atomic E-state index is 5.24. The van der Waals surface area contributed by atoms with Crippen molar-refractivity contribution < 1.29 is 18.9 Å². The van der Waals surface area contributed by atoms with Crippen LogP contribution in [-0.4, -0.2) is 44.4 Å². The molecule has 0 aromatic rings. The highest BCUT2D eigenvalue weighted by Crippen LogP contribution is 2.22. The molecule has 0 bridgehead atoms. The lowest BCUT2D eigenvalue weighted by atomic mass is 10.4. The van der Waals surface area contributed by atoms with E-state index in [0.29, 0.717) is 44.4 Å². The van der Waals surface area contributed by atoms with Gasteiger partial charge >= 0.3 is 0 Å². The van der Waals surface area contributed by atoms with Crippen molar-refractivity contribution in [1.29, 1.82) is 0 Å². The summed E-state index contributed by atoms with van der Waals surface area (Å²) >= 11 is 0. The molecule has 0 aromatic carbocycles. The quantitative estimate of drug-likeness (QED) is 0.347. The van der Waals surface area contributed by atoms with Gasteiger partial charge in [-0.3, -0.25) is 0 Å². The third-order valence-electron chi connectivity index (χ3n) is 2.40. The van der Waals surface area contributed by atoms with Crippen molar-refractivity contribution in [2.24, 2.45) is 0 Å². The Balaban J connectivity index is 1.37. The Morgan fingerprint density at radius 2 is 1.31 bits per heavy atom. The molecule has 4 atom stereocenters. The summed E-state index contributed by atoms with van der Waals surface area (Å²) in [5.74, 6) is 0. The number of epoxide rings is 2. The zero-order chi connectivity index (χ0) is 9.26. The van der Waals surface area contributed by atoms with E-state index >= 15 is 0 Å². The Morgan fingerprint density at radius 3 is 1.62 bits per heavy atom. The smallest absolute Gasteiger partial charge is 0.146 e. The number of hydrogen-bond acceptors (Lipinski definition) is 4. The fraction of sp³-hybridized carbons (Fsp3) is 1.00. The topological polar surface area (TPSA) is 43.5 Å². The maximum Gasteiger partial charge on any atom is 0.146 e. The molecule has 2 heterocycles. The first-order chi connectivity index (χ1) is 6.27. The Kier molecular flexibility index (Phi) is 2.83. The minimum atomic E-state index is 0.291. The van der Waals surface area contributed by atoms with Gasteiger partial charge in [0.25, 0.3) is 0 Å². The van der Waals surface area contributed by atoms with Crippen molar-refractivity contribution >= 4 is 0 Å². The van der Waals surface area contributed by atoms with Crippen LogP contribution in [0.3, 0.4) is 0 Å². The lowest BCUT2D eigenvalue weighted by Crippen LogP contribution is -2.10. The average Bonchev–Trinajstić information content (AvgIpc) is 2.95. The fourth-order valence-electron chi connectivity index (χ4n) is 1.20. The molecule has 76 valence electrons. The van der Waals surface area contributed by atoms with Crippen LogP contribution in [0.4, 0.5) is 0 Å². The molecule has 0 aliphatic carbocycles. The highest BCUT2D eigenvalue weighted by Gasteiger charge is 2.35. The van der Waals surface area contributed by atoms with Crippen LogP contribution in [-0.2, 0) is 18.9 Å². The first kappa shape index (κ1) is 9.40. The van der Waals surface area contributed by atoms with E-state index in [2.05, 4.69) is 0 Å². The van der Waals surface area contributed by atoms with Gasteiger partial charge in [-0.2, -0.15) is 0 Å². The van der Waals surface area contributed by atoms with Gasteiger partial charge in [-0.1, -0.05) is 0 Å². The first-order valence-electron chi connectivity index (χ1n) is 4.74. The van der Waals surface area contributed by atoms with Gasteiger partial charge in [0.15, 0.2) is 0 Å². The minimum Gasteiger partial charge on any atom is -0.367 e. The van der Waals surface area contributed by atoms with Gasteiger partial charge in [0, 0.05) is 0 Å². The molecule has 4 nitrogen and oxygen atoms in total. The van der Waals surface area contributed by atoms with E-state index in [1.165, 1.54) is 0 Å². The highest BCUT2D eigenvalue weighted by atomic mass is 16.7. The zero-order valence-corrected chi connectivity index (χ0v) is 8.06. The molecule has 2 aliphatic rings. The molecule has 0 aromatic heterocycles. The Bertz CT molecular complexity index is 155. The van der Waals surface area contributed by atoms with E-state index in [-0.39, 0.29) is 0 Å². The third kappa shape index (κ3) is 2.91. The van der Waals surface area contributed by atoms with Crippen LogP contribution >= 0.6 is 0 Å². The van der Waals surface area contributed by atoms with Crippen LogP contribution in [0.1, 0.15) is 13.8 Å². The summed E-state index contributed by atoms with van der Waals surface area (Å²) in [4.78, 5) is 0. The number of ether oxygens (including phenoxy) is 4. The van der Waals surface area contributed by atoms with E-state index in [0.717, 1.165) is 0 Å². The standard InChI is InChI=1S/C9H16O4/c1-6-8(12-6)3-10-5-11-4-9-7(2)13-9/h6-9H,3-5H2,1-2H3. The van der Waals surface area contributed by atoms with Crippen LogP contribution in [0.25, 0.3) is 0 Å². The monoisotopic (exact) mass is 188 g/mol. The molecular weight excluding hydrogens is 172 g/mol. The lowest BCUT2D eigenvalue weighted by Gasteiger charge is -2.01. The molecule has 2 saturated heterocycles. The van der Waals surface area contributed by atoms with Crippen LogP contribution in [0.5, 0.6) is 0 Å². The summed E-state index contributed by atoms with van der Waals surface area (Å²) in [6.07, 6.45) is 1.32. The van der Waals surface area contributed by atoms with E-state index in [9.17, 15) is 0 Å². The Hall–Kier alpha value is -0.160. The predicted octanol–water partition coefficient (Wildman–Crippen LogP) is 0.552. The normalized spacial score (nSPS) is 42.0. The van der Waals surface area contributed by atoms with Gasteiger partial charge in [0.05, 0.1) is 25.4 Å². The third-order valence-corrected chi connectivity index (χ3v) is 2.40. The maximum absolute atomic E-state index is 5.24. The van der Waals surface area contributed by atoms with Gasteiger partial charge in [-0.15, -0.1) is 0 Å². The molecule has 0 radical (unpaired) electrons. The molecule has 0 spiro atoms. The predicted molar refractivity (Wildman–Crippen MR) is 45.4 cm³/mol. The summed E-state index contributed by atoms with van der Waals surface area (Å²) in [6, 6.07) is 0. The second kappa shape index (κ2) is 3.92. The Morgan fingerprint density at radius 1 is 0.923 bits per heavy atom. The van der Waals surface area contributed by atoms with Crippen LogP contribution in [0, 0.1) is 0 Å². The average molecular weight is 188 g/mol. The summed E-state index contributed by atoms with van der Waals surface area (Å²) in [5.41, 5.74) is 0. The van der Waals surface area contributed by atoms with E-state index in [1.807, 2.05) is 13.8 Å². The summed E-state index contributed by atoms with van der Waals surface area (Å²) < 4.78 is 20.8. The fourth-order valence-corrected chi connectivity index (χ4v) is 1.20. The zero-order valence-electron chi connectivity index (χ0n) is 8.06. The number of rotatable bonds is 6. The second-order valence-corrected chi connectivity index (χ2v) is 3.62. The lowest BCUT2D eigenvalue weighted by molar-refractivity contribution is -0.0611. The number of hydrogen-bond donors (Lipinski definition) is 0. The minimum absolute atomic E-state index is 0.291. The van der Waals surface area contributed by atoms with Gasteiger partial charge in [0.1, 0.15) is 19.0 Å². The van der Waals surface area contributed by atoms with E-state index in [4.69, 9.17) is 18.9 Å². The molecule has 0 amide bonds. The largest absolute Gasteiger partial charge is 0.367 e. The highest BCUT2D eigenvalue weighted by molar-refractivity contribution is 4.80. The molecular formula is C9H16O4. The van der Waals surface area contributed by atoms with Gasteiger partial charge in [0.2, 0.25) is 0 Å². The summed E-state index contributed by atoms with van der Waals surface area (Å²) in [5, 5.41) is 0. The molecule has 4 unspecified atom stereocenters. The molecule has 13 heavy (non-hydrogen) atoms. The van der Waals surface area contributed by atoms with Crippen LogP contribution < -0.4 is 0 Å². The van der Waals surface area contributed by atoms with Crippen molar-refractivity contribution in [3.63, 3.8) is 0 Å². The second-order valence-electron chi connectivity index (χ2n) is 3.62. The SMILES string of the molecule is CC1OC1COCOCC1OC1C. The molecule has 0 N–H and O–H groups in total. The van der Waals surface area contributed by atoms with Crippen molar-refractivity contribution in [2.45, 2.75) is 38.3 Å². The molecule has 4 heteroatoms. The van der Waals surface area contributed by atoms with E-state index in [1.54, 1.807) is 0 Å². The van der Waals surface area contributed by atoms with Crippen LogP contribution in [0.2, 0.25) is 0 Å². The van der Waals surface area contributed by atoms with Crippen molar-refractivity contribution in [2.75, 3.05) is 20.0 Å². The summed E-state index contributed by atoms with van der Waals surface area (Å²) in [7, 11) is 0. The molecule has 2 fully saturated rings. The van der Waals surface area contributed by atoms with Gasteiger partial charge in [-0.05, 0) is 13.8 Å². The molecule has 0 saturated carbocycles. The van der Waals surface area contributed by atoms with Gasteiger partial charge in [-0.25, -0.2) is 0 Å².